The molecule has 2 fully saturated rings. The van der Waals surface area contributed by atoms with Gasteiger partial charge in [0.05, 0.1) is 6.04 Å². The van der Waals surface area contributed by atoms with E-state index in [0.717, 1.165) is 24.9 Å². The minimum Gasteiger partial charge on any atom is -0.338 e. The maximum Gasteiger partial charge on any atom is 0.253 e. The molecule has 112 valence electrons. The zero-order valence-electron chi connectivity index (χ0n) is 12.1. The molecule has 0 unspecified atom stereocenters. The lowest BCUT2D eigenvalue weighted by Gasteiger charge is -2.36. The van der Waals surface area contributed by atoms with Crippen molar-refractivity contribution in [2.24, 2.45) is 0 Å². The van der Waals surface area contributed by atoms with Gasteiger partial charge in [0.1, 0.15) is 0 Å². The lowest BCUT2D eigenvalue weighted by atomic mass is 10.1. The van der Waals surface area contributed by atoms with E-state index in [4.69, 9.17) is 0 Å². The van der Waals surface area contributed by atoms with Crippen molar-refractivity contribution in [3.8, 4) is 0 Å². The summed E-state index contributed by atoms with van der Waals surface area (Å²) in [6.45, 7) is 3.44. The molecule has 0 bridgehead atoms. The number of amides is 2. The molecule has 2 aliphatic rings. The van der Waals surface area contributed by atoms with Gasteiger partial charge in [0, 0.05) is 31.7 Å². The Morgan fingerprint density at radius 3 is 2.29 bits per heavy atom. The van der Waals surface area contributed by atoms with Crippen LogP contribution in [-0.2, 0) is 4.79 Å². The van der Waals surface area contributed by atoms with Gasteiger partial charge < -0.3 is 15.1 Å². The molecule has 21 heavy (non-hydrogen) atoms. The van der Waals surface area contributed by atoms with Gasteiger partial charge in [-0.2, -0.15) is 0 Å². The molecule has 1 N–H and O–H groups in total. The molecule has 2 aliphatic heterocycles. The van der Waals surface area contributed by atoms with E-state index in [-0.39, 0.29) is 17.9 Å². The molecule has 1 aromatic carbocycles. The SMILES string of the molecule is O=C(c1ccccc1)N1CCN(C(=O)[C@@H]2CCCN2)CC1. The van der Waals surface area contributed by atoms with Crippen molar-refractivity contribution in [2.75, 3.05) is 32.7 Å². The third-order valence-electron chi connectivity index (χ3n) is 4.26. The fraction of sp³-hybridized carbons (Fsp3) is 0.500. The fourth-order valence-corrected chi connectivity index (χ4v) is 3.01. The second kappa shape index (κ2) is 6.26. The van der Waals surface area contributed by atoms with E-state index < -0.39 is 0 Å². The first kappa shape index (κ1) is 14.1. The summed E-state index contributed by atoms with van der Waals surface area (Å²) in [6, 6.07) is 9.31. The summed E-state index contributed by atoms with van der Waals surface area (Å²) < 4.78 is 0. The van der Waals surface area contributed by atoms with Crippen molar-refractivity contribution in [1.29, 1.82) is 0 Å². The molecule has 1 atom stereocenters. The second-order valence-corrected chi connectivity index (χ2v) is 5.63. The molecule has 0 radical (unpaired) electrons. The number of nitrogens with zero attached hydrogens (tertiary/aromatic N) is 2. The van der Waals surface area contributed by atoms with Crippen molar-refractivity contribution < 1.29 is 9.59 Å². The predicted molar refractivity (Wildman–Crippen MR) is 80.0 cm³/mol. The maximum absolute atomic E-state index is 12.3. The third-order valence-corrected chi connectivity index (χ3v) is 4.26. The van der Waals surface area contributed by atoms with Gasteiger partial charge in [-0.3, -0.25) is 9.59 Å². The van der Waals surface area contributed by atoms with Crippen LogP contribution in [0.15, 0.2) is 30.3 Å². The summed E-state index contributed by atoms with van der Waals surface area (Å²) >= 11 is 0. The first-order valence-electron chi connectivity index (χ1n) is 7.62. The Labute approximate surface area is 124 Å². The molecule has 5 heteroatoms. The summed E-state index contributed by atoms with van der Waals surface area (Å²) in [5.41, 5.74) is 0.717. The number of nitrogens with one attached hydrogen (secondary N) is 1. The van der Waals surface area contributed by atoms with Crippen LogP contribution in [0, 0.1) is 0 Å². The Morgan fingerprint density at radius 1 is 1.00 bits per heavy atom. The van der Waals surface area contributed by atoms with Crippen molar-refractivity contribution >= 4 is 11.8 Å². The van der Waals surface area contributed by atoms with Crippen LogP contribution in [0.1, 0.15) is 23.2 Å². The van der Waals surface area contributed by atoms with Crippen LogP contribution in [-0.4, -0.2) is 60.4 Å². The third kappa shape index (κ3) is 3.08. The lowest BCUT2D eigenvalue weighted by molar-refractivity contribution is -0.134. The molecular weight excluding hydrogens is 266 g/mol. The molecular formula is C16H21N3O2. The van der Waals surface area contributed by atoms with Gasteiger partial charge in [-0.15, -0.1) is 0 Å². The van der Waals surface area contributed by atoms with Gasteiger partial charge in [-0.25, -0.2) is 0 Å². The highest BCUT2D eigenvalue weighted by molar-refractivity contribution is 5.94. The Hall–Kier alpha value is -1.88. The minimum absolute atomic E-state index is 0.0126. The standard InChI is InChI=1S/C16H21N3O2/c20-15(13-5-2-1-3-6-13)18-9-11-19(12-10-18)16(21)14-7-4-8-17-14/h1-3,5-6,14,17H,4,7-12H2/t14-/m0/s1. The zero-order chi connectivity index (χ0) is 14.7. The van der Waals surface area contributed by atoms with Crippen LogP contribution in [0.2, 0.25) is 0 Å². The summed E-state index contributed by atoms with van der Waals surface area (Å²) in [7, 11) is 0. The second-order valence-electron chi connectivity index (χ2n) is 5.63. The summed E-state index contributed by atoms with van der Waals surface area (Å²) in [6.07, 6.45) is 2.00. The summed E-state index contributed by atoms with van der Waals surface area (Å²) in [5, 5.41) is 3.24. The molecule has 0 spiro atoms. The molecule has 0 aromatic heterocycles. The van der Waals surface area contributed by atoms with Crippen molar-refractivity contribution in [1.82, 2.24) is 15.1 Å². The van der Waals surface area contributed by atoms with Gasteiger partial charge in [-0.1, -0.05) is 18.2 Å². The minimum atomic E-state index is -0.0126. The molecule has 2 amide bonds. The average molecular weight is 287 g/mol. The summed E-state index contributed by atoms with van der Waals surface area (Å²) in [5.74, 6) is 0.251. The number of rotatable bonds is 2. The van der Waals surface area contributed by atoms with Crippen LogP contribution in [0.4, 0.5) is 0 Å². The largest absolute Gasteiger partial charge is 0.338 e. The lowest BCUT2D eigenvalue weighted by Crippen LogP contribution is -2.54. The highest BCUT2D eigenvalue weighted by Crippen LogP contribution is 2.13. The molecule has 1 aromatic rings. The smallest absolute Gasteiger partial charge is 0.253 e. The van der Waals surface area contributed by atoms with Crippen LogP contribution in [0.3, 0.4) is 0 Å². The quantitative estimate of drug-likeness (QED) is 0.872. The molecule has 2 heterocycles. The number of piperazine rings is 1. The Balaban J connectivity index is 1.55. The van der Waals surface area contributed by atoms with E-state index in [9.17, 15) is 9.59 Å². The van der Waals surface area contributed by atoms with E-state index in [2.05, 4.69) is 5.32 Å². The van der Waals surface area contributed by atoms with E-state index >= 15 is 0 Å². The number of carbonyl (C=O) groups excluding carboxylic acids is 2. The monoisotopic (exact) mass is 287 g/mol. The number of hydrogen-bond donors (Lipinski definition) is 1. The van der Waals surface area contributed by atoms with Crippen LogP contribution < -0.4 is 5.32 Å². The van der Waals surface area contributed by atoms with E-state index in [1.165, 1.54) is 0 Å². The average Bonchev–Trinajstić information content (AvgIpc) is 3.09. The molecule has 0 saturated carbocycles. The predicted octanol–water partition coefficient (Wildman–Crippen LogP) is 0.723. The fourth-order valence-electron chi connectivity index (χ4n) is 3.01. The van der Waals surface area contributed by atoms with Gasteiger partial charge in [-0.05, 0) is 31.5 Å². The number of hydrogen-bond acceptors (Lipinski definition) is 3. The number of carbonyl (C=O) groups is 2. The molecule has 3 rings (SSSR count). The molecule has 5 nitrogen and oxygen atoms in total. The topological polar surface area (TPSA) is 52.7 Å². The molecule has 0 aliphatic carbocycles. The van der Waals surface area contributed by atoms with Crippen LogP contribution >= 0.6 is 0 Å². The van der Waals surface area contributed by atoms with Crippen LogP contribution in [0.5, 0.6) is 0 Å². The highest BCUT2D eigenvalue weighted by Gasteiger charge is 2.30. The van der Waals surface area contributed by atoms with E-state index in [1.807, 2.05) is 40.1 Å². The Bertz CT molecular complexity index is 504. The maximum atomic E-state index is 12.3. The van der Waals surface area contributed by atoms with Crippen LogP contribution in [0.25, 0.3) is 0 Å². The first-order chi connectivity index (χ1) is 10.3. The van der Waals surface area contributed by atoms with Crippen molar-refractivity contribution in [3.63, 3.8) is 0 Å². The zero-order valence-corrected chi connectivity index (χ0v) is 12.1. The summed E-state index contributed by atoms with van der Waals surface area (Å²) in [4.78, 5) is 28.4. The van der Waals surface area contributed by atoms with E-state index in [1.54, 1.807) is 0 Å². The first-order valence-corrected chi connectivity index (χ1v) is 7.62. The van der Waals surface area contributed by atoms with Gasteiger partial charge in [0.2, 0.25) is 5.91 Å². The van der Waals surface area contributed by atoms with Gasteiger partial charge in [0.15, 0.2) is 0 Å². The van der Waals surface area contributed by atoms with Gasteiger partial charge in [0.25, 0.3) is 5.91 Å². The van der Waals surface area contributed by atoms with E-state index in [0.29, 0.717) is 26.2 Å². The number of benzene rings is 1. The normalized spacial score (nSPS) is 22.4. The Morgan fingerprint density at radius 2 is 1.67 bits per heavy atom. The van der Waals surface area contributed by atoms with Crippen molar-refractivity contribution in [3.05, 3.63) is 35.9 Å². The molecule has 2 saturated heterocycles. The Kier molecular flexibility index (Phi) is 4.20. The van der Waals surface area contributed by atoms with Gasteiger partial charge >= 0.3 is 0 Å². The highest BCUT2D eigenvalue weighted by atomic mass is 16.2. The van der Waals surface area contributed by atoms with Crippen molar-refractivity contribution in [2.45, 2.75) is 18.9 Å².